The molecular formula is C19H16BNO3. The maximum Gasteiger partial charge on any atom is 0.526 e. The van der Waals surface area contributed by atoms with Crippen LogP contribution in [0, 0.1) is 0 Å². The molecule has 0 fully saturated rings. The molecule has 2 aromatic carbocycles. The molecule has 0 aliphatic carbocycles. The first-order chi connectivity index (χ1) is 11.5. The minimum Gasteiger partial charge on any atom is -0.466 e. The maximum absolute atomic E-state index is 9.57. The minimum absolute atomic E-state index is 0.173. The van der Waals surface area contributed by atoms with E-state index in [1.807, 2.05) is 12.1 Å². The van der Waals surface area contributed by atoms with Crippen molar-refractivity contribution in [3.05, 3.63) is 59.9 Å². The summed E-state index contributed by atoms with van der Waals surface area (Å²) in [7, 11) is -1.62. The number of benzene rings is 2. The molecule has 0 saturated heterocycles. The summed E-state index contributed by atoms with van der Waals surface area (Å²) >= 11 is 0. The molecule has 0 bridgehead atoms. The topological polar surface area (TPSA) is 58.5 Å². The van der Waals surface area contributed by atoms with E-state index in [4.69, 9.17) is 4.42 Å². The van der Waals surface area contributed by atoms with E-state index in [1.165, 1.54) is 16.3 Å². The number of hydrogen-bond donors (Lipinski definition) is 2. The van der Waals surface area contributed by atoms with Gasteiger partial charge >= 0.3 is 7.12 Å². The van der Waals surface area contributed by atoms with Gasteiger partial charge in [-0.05, 0) is 25.5 Å². The fourth-order valence-electron chi connectivity index (χ4n) is 4.04. The van der Waals surface area contributed by atoms with Crippen LogP contribution in [-0.4, -0.2) is 21.7 Å². The van der Waals surface area contributed by atoms with Crippen LogP contribution in [0.15, 0.2) is 52.9 Å². The Bertz CT molecular complexity index is 1120. The van der Waals surface area contributed by atoms with Gasteiger partial charge in [-0.1, -0.05) is 36.4 Å². The lowest BCUT2D eigenvalue weighted by molar-refractivity contribution is 0.390. The van der Waals surface area contributed by atoms with Crippen molar-refractivity contribution in [1.29, 1.82) is 0 Å². The van der Waals surface area contributed by atoms with E-state index >= 15 is 0 Å². The summed E-state index contributed by atoms with van der Waals surface area (Å²) in [6.45, 7) is 4.22. The van der Waals surface area contributed by atoms with Gasteiger partial charge in [0.1, 0.15) is 11.4 Å². The standard InChI is InChI=1S/C19H16BNO3/c1-19(2)13-8-5-7-12-11-6-3-4-9-14(11)21(17(12)13)15-10-16(20(22)23)24-18(15)19/h3-10,22-23H,1-2H3. The van der Waals surface area contributed by atoms with Crippen LogP contribution in [0.1, 0.15) is 25.2 Å². The Balaban J connectivity index is 2.05. The van der Waals surface area contributed by atoms with Crippen LogP contribution in [-0.2, 0) is 5.41 Å². The van der Waals surface area contributed by atoms with Crippen LogP contribution in [0.2, 0.25) is 0 Å². The molecular weight excluding hydrogens is 301 g/mol. The highest BCUT2D eigenvalue weighted by molar-refractivity contribution is 6.57. The van der Waals surface area contributed by atoms with Gasteiger partial charge in [0, 0.05) is 16.8 Å². The minimum atomic E-state index is -1.62. The van der Waals surface area contributed by atoms with Crippen molar-refractivity contribution < 1.29 is 14.5 Å². The summed E-state index contributed by atoms with van der Waals surface area (Å²) in [5.74, 6) is 0.756. The third-order valence-electron chi connectivity index (χ3n) is 5.16. The second kappa shape index (κ2) is 4.32. The average molecular weight is 317 g/mol. The third-order valence-corrected chi connectivity index (χ3v) is 5.16. The Morgan fingerprint density at radius 1 is 1.00 bits per heavy atom. The van der Waals surface area contributed by atoms with Gasteiger partial charge in [0.2, 0.25) is 0 Å². The molecule has 1 aliphatic rings. The van der Waals surface area contributed by atoms with Crippen LogP contribution < -0.4 is 5.66 Å². The van der Waals surface area contributed by atoms with E-state index in [1.54, 1.807) is 6.07 Å². The number of para-hydroxylation sites is 2. The van der Waals surface area contributed by atoms with Crippen molar-refractivity contribution in [2.75, 3.05) is 0 Å². The summed E-state index contributed by atoms with van der Waals surface area (Å²) in [6, 6.07) is 16.3. The largest absolute Gasteiger partial charge is 0.526 e. The first-order valence-corrected chi connectivity index (χ1v) is 8.03. The van der Waals surface area contributed by atoms with Gasteiger partial charge in [-0.3, -0.25) is 0 Å². The van der Waals surface area contributed by atoms with Crippen LogP contribution in [0.3, 0.4) is 0 Å². The fourth-order valence-corrected chi connectivity index (χ4v) is 4.04. The highest BCUT2D eigenvalue weighted by Gasteiger charge is 2.39. The quantitative estimate of drug-likeness (QED) is 0.531. The molecule has 0 unspecified atom stereocenters. The lowest BCUT2D eigenvalue weighted by atomic mass is 9.79. The molecule has 4 nitrogen and oxygen atoms in total. The Morgan fingerprint density at radius 3 is 2.54 bits per heavy atom. The second-order valence-electron chi connectivity index (χ2n) is 6.92. The predicted octanol–water partition coefficient (Wildman–Crippen LogP) is 2.70. The lowest BCUT2D eigenvalue weighted by Gasteiger charge is -2.30. The Hall–Kier alpha value is -2.50. The van der Waals surface area contributed by atoms with Crippen LogP contribution in [0.25, 0.3) is 27.5 Å². The van der Waals surface area contributed by atoms with Crippen molar-refractivity contribution >= 4 is 34.6 Å². The van der Waals surface area contributed by atoms with Gasteiger partial charge in [-0.15, -0.1) is 0 Å². The number of fused-ring (bicyclic) bond motifs is 5. The van der Waals surface area contributed by atoms with Crippen molar-refractivity contribution in [3.8, 4) is 5.69 Å². The molecule has 1 aliphatic heterocycles. The van der Waals surface area contributed by atoms with Crippen molar-refractivity contribution in [3.63, 3.8) is 0 Å². The number of rotatable bonds is 1. The Morgan fingerprint density at radius 2 is 1.75 bits per heavy atom. The van der Waals surface area contributed by atoms with E-state index in [2.05, 4.69) is 48.7 Å². The highest BCUT2D eigenvalue weighted by atomic mass is 16.4. The SMILES string of the molecule is CC1(C)c2oc(B(O)O)cc2-n2c3ccccc3c3cccc1c32. The molecule has 118 valence electrons. The molecule has 3 heterocycles. The molecule has 24 heavy (non-hydrogen) atoms. The number of hydrogen-bond acceptors (Lipinski definition) is 3. The summed E-state index contributed by atoms with van der Waals surface area (Å²) in [5, 5.41) is 21.5. The summed E-state index contributed by atoms with van der Waals surface area (Å²) in [5.41, 5.74) is 4.14. The molecule has 0 saturated carbocycles. The monoisotopic (exact) mass is 317 g/mol. The fraction of sp³-hybridized carbons (Fsp3) is 0.158. The average Bonchev–Trinajstić information content (AvgIpc) is 3.14. The van der Waals surface area contributed by atoms with Gasteiger partial charge in [0.05, 0.1) is 22.1 Å². The zero-order chi connectivity index (χ0) is 16.6. The first-order valence-electron chi connectivity index (χ1n) is 8.03. The number of aromatic nitrogens is 1. The van der Waals surface area contributed by atoms with E-state index in [0.717, 1.165) is 22.5 Å². The van der Waals surface area contributed by atoms with E-state index < -0.39 is 7.12 Å². The molecule has 0 atom stereocenters. The third kappa shape index (κ3) is 1.51. The van der Waals surface area contributed by atoms with E-state index in [0.29, 0.717) is 0 Å². The van der Waals surface area contributed by atoms with Crippen LogP contribution >= 0.6 is 0 Å². The van der Waals surface area contributed by atoms with Gasteiger partial charge in [0.15, 0.2) is 0 Å². The number of furan rings is 1. The van der Waals surface area contributed by atoms with Crippen molar-refractivity contribution in [1.82, 2.24) is 4.57 Å². The molecule has 0 radical (unpaired) electrons. The summed E-state index contributed by atoms with van der Waals surface area (Å²) in [4.78, 5) is 0. The van der Waals surface area contributed by atoms with Crippen LogP contribution in [0.5, 0.6) is 0 Å². The van der Waals surface area contributed by atoms with Gasteiger partial charge in [-0.25, -0.2) is 0 Å². The van der Waals surface area contributed by atoms with Crippen molar-refractivity contribution in [2.24, 2.45) is 0 Å². The second-order valence-corrected chi connectivity index (χ2v) is 6.92. The molecule has 2 aromatic heterocycles. The number of nitrogens with zero attached hydrogens (tertiary/aromatic N) is 1. The zero-order valence-corrected chi connectivity index (χ0v) is 13.4. The molecule has 5 heteroatoms. The van der Waals surface area contributed by atoms with Crippen molar-refractivity contribution in [2.45, 2.75) is 19.3 Å². The predicted molar refractivity (Wildman–Crippen MR) is 95.0 cm³/mol. The molecule has 2 N–H and O–H groups in total. The first kappa shape index (κ1) is 13.9. The normalized spacial score (nSPS) is 15.0. The van der Waals surface area contributed by atoms with Gasteiger partial charge < -0.3 is 19.0 Å². The maximum atomic E-state index is 9.57. The smallest absolute Gasteiger partial charge is 0.466 e. The zero-order valence-electron chi connectivity index (χ0n) is 13.4. The van der Waals surface area contributed by atoms with Gasteiger partial charge in [0.25, 0.3) is 0 Å². The molecule has 5 rings (SSSR count). The summed E-state index contributed by atoms with van der Waals surface area (Å²) in [6.07, 6.45) is 0. The van der Waals surface area contributed by atoms with E-state index in [9.17, 15) is 10.0 Å². The van der Waals surface area contributed by atoms with Gasteiger partial charge in [-0.2, -0.15) is 0 Å². The molecule has 4 aromatic rings. The van der Waals surface area contributed by atoms with E-state index in [-0.39, 0.29) is 11.1 Å². The lowest BCUT2D eigenvalue weighted by Crippen LogP contribution is -2.28. The summed E-state index contributed by atoms with van der Waals surface area (Å²) < 4.78 is 8.04. The Labute approximate surface area is 139 Å². The Kier molecular flexibility index (Phi) is 2.50. The molecule has 0 spiro atoms. The molecule has 0 amide bonds. The van der Waals surface area contributed by atoms with Crippen LogP contribution in [0.4, 0.5) is 0 Å². The highest BCUT2D eigenvalue weighted by Crippen LogP contribution is 2.47.